The Morgan fingerprint density at radius 2 is 2.30 bits per heavy atom. The van der Waals surface area contributed by atoms with E-state index >= 15 is 0 Å². The average Bonchev–Trinajstić information content (AvgIpc) is 2.14. The molecule has 0 spiro atoms. The van der Waals surface area contributed by atoms with Gasteiger partial charge in [-0.15, -0.1) is 0 Å². The van der Waals surface area contributed by atoms with Crippen molar-refractivity contribution in [3.8, 4) is 0 Å². The number of nitrogens with zero attached hydrogens (tertiary/aromatic N) is 2. The lowest BCUT2D eigenvalue weighted by Crippen LogP contribution is -2.06. The lowest BCUT2D eigenvalue weighted by atomic mass is 10.1. The van der Waals surface area contributed by atoms with Crippen LogP contribution in [-0.4, -0.2) is 9.78 Å². The smallest absolute Gasteiger partial charge is 0.0540 e. The van der Waals surface area contributed by atoms with Crippen LogP contribution in [0.5, 0.6) is 0 Å². The highest BCUT2D eigenvalue weighted by molar-refractivity contribution is 5.18. The molecule has 0 radical (unpaired) electrons. The SMILES string of the molecule is Cc1c([C@@H](C)N)cnn1C. The molecule has 0 unspecified atom stereocenters. The fraction of sp³-hybridized carbons (Fsp3) is 0.571. The first-order chi connectivity index (χ1) is 4.63. The van der Waals surface area contributed by atoms with Gasteiger partial charge in [-0.25, -0.2) is 0 Å². The molecule has 0 aliphatic rings. The molecule has 0 amide bonds. The van der Waals surface area contributed by atoms with E-state index in [1.165, 1.54) is 0 Å². The van der Waals surface area contributed by atoms with Gasteiger partial charge >= 0.3 is 0 Å². The molecule has 1 heterocycles. The van der Waals surface area contributed by atoms with Crippen molar-refractivity contribution in [2.45, 2.75) is 19.9 Å². The lowest BCUT2D eigenvalue weighted by molar-refractivity contribution is 0.730. The molecule has 0 saturated carbocycles. The highest BCUT2D eigenvalue weighted by Crippen LogP contribution is 2.12. The standard InChI is InChI=1S/C7H13N3/c1-5(8)7-4-9-10(3)6(7)2/h4-5H,8H2,1-3H3/t5-/m1/s1. The normalized spacial score (nSPS) is 13.6. The summed E-state index contributed by atoms with van der Waals surface area (Å²) in [5.41, 5.74) is 7.95. The van der Waals surface area contributed by atoms with Gasteiger partial charge in [0.1, 0.15) is 0 Å². The predicted molar refractivity (Wildman–Crippen MR) is 40.5 cm³/mol. The van der Waals surface area contributed by atoms with Gasteiger partial charge in [-0.2, -0.15) is 5.10 Å². The van der Waals surface area contributed by atoms with Crippen molar-refractivity contribution >= 4 is 0 Å². The van der Waals surface area contributed by atoms with Crippen molar-refractivity contribution in [2.75, 3.05) is 0 Å². The fourth-order valence-corrected chi connectivity index (χ4v) is 0.963. The van der Waals surface area contributed by atoms with E-state index in [1.807, 2.05) is 31.8 Å². The quantitative estimate of drug-likeness (QED) is 0.624. The number of aromatic nitrogens is 2. The van der Waals surface area contributed by atoms with E-state index in [-0.39, 0.29) is 6.04 Å². The molecule has 0 bridgehead atoms. The maximum absolute atomic E-state index is 5.67. The molecule has 1 atom stereocenters. The van der Waals surface area contributed by atoms with E-state index in [1.54, 1.807) is 0 Å². The van der Waals surface area contributed by atoms with Gasteiger partial charge in [0.25, 0.3) is 0 Å². The van der Waals surface area contributed by atoms with E-state index in [2.05, 4.69) is 5.10 Å². The number of aryl methyl sites for hydroxylation is 1. The summed E-state index contributed by atoms with van der Waals surface area (Å²) in [6.45, 7) is 3.98. The van der Waals surface area contributed by atoms with Crippen molar-refractivity contribution in [3.63, 3.8) is 0 Å². The zero-order chi connectivity index (χ0) is 7.72. The van der Waals surface area contributed by atoms with Crippen LogP contribution in [0.15, 0.2) is 6.20 Å². The number of nitrogens with two attached hydrogens (primary N) is 1. The summed E-state index contributed by atoms with van der Waals surface area (Å²) in [4.78, 5) is 0. The average molecular weight is 139 g/mol. The molecule has 2 N–H and O–H groups in total. The van der Waals surface area contributed by atoms with Crippen LogP contribution in [-0.2, 0) is 7.05 Å². The highest BCUT2D eigenvalue weighted by atomic mass is 15.3. The van der Waals surface area contributed by atoms with Crippen molar-refractivity contribution in [1.82, 2.24) is 9.78 Å². The van der Waals surface area contributed by atoms with Crippen molar-refractivity contribution in [3.05, 3.63) is 17.5 Å². The zero-order valence-electron chi connectivity index (χ0n) is 6.63. The molecule has 0 saturated heterocycles. The van der Waals surface area contributed by atoms with Crippen LogP contribution >= 0.6 is 0 Å². The summed E-state index contributed by atoms with van der Waals surface area (Å²) in [6.07, 6.45) is 1.82. The Morgan fingerprint density at radius 1 is 1.70 bits per heavy atom. The predicted octanol–water partition coefficient (Wildman–Crippen LogP) is 0.748. The molecule has 0 aromatic carbocycles. The second kappa shape index (κ2) is 2.42. The third kappa shape index (κ3) is 1.04. The molecular formula is C7H13N3. The largest absolute Gasteiger partial charge is 0.324 e. The summed E-state index contributed by atoms with van der Waals surface area (Å²) in [6, 6.07) is 0.0914. The minimum absolute atomic E-state index is 0.0914. The maximum Gasteiger partial charge on any atom is 0.0540 e. The highest BCUT2D eigenvalue weighted by Gasteiger charge is 2.06. The third-order valence-electron chi connectivity index (χ3n) is 1.76. The molecule has 3 nitrogen and oxygen atoms in total. The van der Waals surface area contributed by atoms with Gasteiger partial charge in [0, 0.05) is 24.3 Å². The first-order valence-electron chi connectivity index (χ1n) is 3.37. The lowest BCUT2D eigenvalue weighted by Gasteiger charge is -2.02. The number of hydrogen-bond donors (Lipinski definition) is 1. The minimum atomic E-state index is 0.0914. The summed E-state index contributed by atoms with van der Waals surface area (Å²) < 4.78 is 1.83. The second-order valence-corrected chi connectivity index (χ2v) is 2.60. The molecule has 56 valence electrons. The van der Waals surface area contributed by atoms with Crippen LogP contribution in [0.2, 0.25) is 0 Å². The molecule has 3 heteroatoms. The maximum atomic E-state index is 5.67. The van der Waals surface area contributed by atoms with Crippen molar-refractivity contribution < 1.29 is 0 Å². The Labute approximate surface area is 60.8 Å². The van der Waals surface area contributed by atoms with Gasteiger partial charge in [0.15, 0.2) is 0 Å². The fourth-order valence-electron chi connectivity index (χ4n) is 0.963. The van der Waals surface area contributed by atoms with E-state index in [0.29, 0.717) is 0 Å². The molecule has 0 aliphatic carbocycles. The van der Waals surface area contributed by atoms with Crippen LogP contribution in [0.3, 0.4) is 0 Å². The van der Waals surface area contributed by atoms with Gasteiger partial charge < -0.3 is 5.73 Å². The topological polar surface area (TPSA) is 43.8 Å². The minimum Gasteiger partial charge on any atom is -0.324 e. The van der Waals surface area contributed by atoms with Gasteiger partial charge in [0.05, 0.1) is 6.20 Å². The van der Waals surface area contributed by atoms with Gasteiger partial charge in [0.2, 0.25) is 0 Å². The van der Waals surface area contributed by atoms with Crippen LogP contribution in [0.4, 0.5) is 0 Å². The first-order valence-corrected chi connectivity index (χ1v) is 3.37. The van der Waals surface area contributed by atoms with Gasteiger partial charge in [-0.3, -0.25) is 4.68 Å². The summed E-state index contributed by atoms with van der Waals surface area (Å²) in [7, 11) is 1.92. The summed E-state index contributed by atoms with van der Waals surface area (Å²) >= 11 is 0. The monoisotopic (exact) mass is 139 g/mol. The zero-order valence-corrected chi connectivity index (χ0v) is 6.63. The molecule has 0 aliphatic heterocycles. The van der Waals surface area contributed by atoms with Crippen LogP contribution in [0.25, 0.3) is 0 Å². The van der Waals surface area contributed by atoms with Crippen molar-refractivity contribution in [2.24, 2.45) is 12.8 Å². The number of rotatable bonds is 1. The Hall–Kier alpha value is -0.830. The summed E-state index contributed by atoms with van der Waals surface area (Å²) in [5.74, 6) is 0. The van der Waals surface area contributed by atoms with E-state index in [4.69, 9.17) is 5.73 Å². The van der Waals surface area contributed by atoms with E-state index < -0.39 is 0 Å². The van der Waals surface area contributed by atoms with Gasteiger partial charge in [-0.1, -0.05) is 0 Å². The Morgan fingerprint density at radius 3 is 2.50 bits per heavy atom. The second-order valence-electron chi connectivity index (χ2n) is 2.60. The van der Waals surface area contributed by atoms with Crippen LogP contribution in [0.1, 0.15) is 24.2 Å². The van der Waals surface area contributed by atoms with E-state index in [0.717, 1.165) is 11.3 Å². The Balaban J connectivity index is 3.05. The van der Waals surface area contributed by atoms with Crippen LogP contribution < -0.4 is 5.73 Å². The molecule has 1 aromatic rings. The van der Waals surface area contributed by atoms with Crippen LogP contribution in [0, 0.1) is 6.92 Å². The Kier molecular flexibility index (Phi) is 1.76. The van der Waals surface area contributed by atoms with E-state index in [9.17, 15) is 0 Å². The third-order valence-corrected chi connectivity index (χ3v) is 1.76. The van der Waals surface area contributed by atoms with Gasteiger partial charge in [-0.05, 0) is 13.8 Å². The number of hydrogen-bond acceptors (Lipinski definition) is 2. The molecule has 0 fully saturated rings. The molecule has 1 aromatic heterocycles. The molecule has 10 heavy (non-hydrogen) atoms. The molecular weight excluding hydrogens is 126 g/mol. The molecule has 1 rings (SSSR count). The Bertz CT molecular complexity index is 225. The summed E-state index contributed by atoms with van der Waals surface area (Å²) in [5, 5.41) is 4.07. The van der Waals surface area contributed by atoms with Crippen molar-refractivity contribution in [1.29, 1.82) is 0 Å². The first kappa shape index (κ1) is 7.28.